The molecule has 28 heavy (non-hydrogen) atoms. The zero-order chi connectivity index (χ0) is 19.5. The number of thioether (sulfide) groups is 1. The molecule has 5 nitrogen and oxygen atoms in total. The smallest absolute Gasteiger partial charge is 0.266 e. The summed E-state index contributed by atoms with van der Waals surface area (Å²) in [6.07, 6.45) is 6.24. The third-order valence-electron chi connectivity index (χ3n) is 4.87. The molecule has 2 aromatic rings. The van der Waals surface area contributed by atoms with E-state index in [1.807, 2.05) is 23.1 Å². The van der Waals surface area contributed by atoms with Crippen LogP contribution in [0.5, 0.6) is 0 Å². The molecule has 7 heteroatoms. The first-order chi connectivity index (χ1) is 13.6. The maximum Gasteiger partial charge on any atom is 0.266 e. The quantitative estimate of drug-likeness (QED) is 0.543. The normalized spacial score (nSPS) is 18.1. The van der Waals surface area contributed by atoms with Crippen molar-refractivity contribution in [3.05, 3.63) is 58.9 Å². The first kappa shape index (κ1) is 19.0. The molecule has 0 unspecified atom stereocenters. The molecule has 0 bridgehead atoms. The molecule has 1 aromatic heterocycles. The molecule has 0 atom stereocenters. The summed E-state index contributed by atoms with van der Waals surface area (Å²) in [6.45, 7) is 1.20. The number of rotatable bonds is 5. The molecule has 2 aliphatic rings. The number of furan rings is 1. The van der Waals surface area contributed by atoms with Crippen molar-refractivity contribution in [2.75, 3.05) is 18.0 Å². The number of benzene rings is 1. The van der Waals surface area contributed by atoms with Crippen LogP contribution in [0.4, 0.5) is 5.69 Å². The fourth-order valence-electron chi connectivity index (χ4n) is 3.51. The third-order valence-corrected chi connectivity index (χ3v) is 6.25. The number of aryl methyl sites for hydroxylation is 1. The number of carbonyl (C=O) groups excluding carboxylic acids is 2. The fraction of sp³-hybridized carbons (Fsp3) is 0.286. The molecule has 1 saturated heterocycles. The van der Waals surface area contributed by atoms with Gasteiger partial charge < -0.3 is 9.32 Å². The van der Waals surface area contributed by atoms with Crippen molar-refractivity contribution in [1.82, 2.24) is 4.90 Å². The Morgan fingerprint density at radius 2 is 2.11 bits per heavy atom. The second kappa shape index (κ2) is 8.32. The molecule has 0 N–H and O–H groups in total. The summed E-state index contributed by atoms with van der Waals surface area (Å²) in [6, 6.07) is 11.6. The van der Waals surface area contributed by atoms with Crippen LogP contribution in [0.2, 0.25) is 0 Å². The van der Waals surface area contributed by atoms with Gasteiger partial charge in [-0.05, 0) is 43.0 Å². The molecule has 0 radical (unpaired) electrons. The molecular formula is C21H20N2O3S2. The van der Waals surface area contributed by atoms with Crippen LogP contribution in [0.15, 0.2) is 52.0 Å². The molecule has 2 amide bonds. The SMILES string of the molecule is O=C1/C(=C\c2ccco2)SC(=S)N1CCCC(=O)N1CCCc2ccccc21. The number of para-hydroxylation sites is 1. The van der Waals surface area contributed by atoms with E-state index in [1.165, 1.54) is 17.3 Å². The number of amides is 2. The number of thiocarbonyl (C=S) groups is 1. The van der Waals surface area contributed by atoms with Crippen LogP contribution < -0.4 is 4.90 Å². The molecular weight excluding hydrogens is 392 g/mol. The van der Waals surface area contributed by atoms with Crippen molar-refractivity contribution in [3.63, 3.8) is 0 Å². The lowest BCUT2D eigenvalue weighted by atomic mass is 10.0. The molecule has 0 aliphatic carbocycles. The summed E-state index contributed by atoms with van der Waals surface area (Å²) in [5.74, 6) is 0.602. The Morgan fingerprint density at radius 1 is 1.25 bits per heavy atom. The number of carbonyl (C=O) groups is 2. The molecule has 1 fully saturated rings. The Morgan fingerprint density at radius 3 is 2.93 bits per heavy atom. The van der Waals surface area contributed by atoms with Crippen molar-refractivity contribution < 1.29 is 14.0 Å². The van der Waals surface area contributed by atoms with E-state index in [2.05, 4.69) is 6.07 Å². The summed E-state index contributed by atoms with van der Waals surface area (Å²) in [4.78, 5) is 29.3. The monoisotopic (exact) mass is 412 g/mol. The lowest BCUT2D eigenvalue weighted by Gasteiger charge is -2.29. The van der Waals surface area contributed by atoms with Gasteiger partial charge in [0.15, 0.2) is 0 Å². The van der Waals surface area contributed by atoms with E-state index >= 15 is 0 Å². The highest BCUT2D eigenvalue weighted by Gasteiger charge is 2.32. The van der Waals surface area contributed by atoms with E-state index in [0.29, 0.717) is 34.4 Å². The highest BCUT2D eigenvalue weighted by Crippen LogP contribution is 2.33. The molecule has 0 spiro atoms. The van der Waals surface area contributed by atoms with E-state index in [0.717, 1.165) is 25.1 Å². The Labute approximate surface area is 173 Å². The van der Waals surface area contributed by atoms with Crippen molar-refractivity contribution >= 4 is 51.9 Å². The Hall–Kier alpha value is -2.38. The highest BCUT2D eigenvalue weighted by molar-refractivity contribution is 8.26. The van der Waals surface area contributed by atoms with Crippen LogP contribution in [0, 0.1) is 0 Å². The zero-order valence-electron chi connectivity index (χ0n) is 15.3. The van der Waals surface area contributed by atoms with Gasteiger partial charge in [-0.15, -0.1) is 0 Å². The van der Waals surface area contributed by atoms with Gasteiger partial charge in [0.1, 0.15) is 10.1 Å². The largest absolute Gasteiger partial charge is 0.465 e. The lowest BCUT2D eigenvalue weighted by molar-refractivity contribution is -0.123. The first-order valence-corrected chi connectivity index (χ1v) is 10.5. The second-order valence-electron chi connectivity index (χ2n) is 6.73. The van der Waals surface area contributed by atoms with E-state index in [1.54, 1.807) is 29.4 Å². The molecule has 3 heterocycles. The Kier molecular flexibility index (Phi) is 5.64. The second-order valence-corrected chi connectivity index (χ2v) is 8.41. The fourth-order valence-corrected chi connectivity index (χ4v) is 4.80. The number of hydrogen-bond acceptors (Lipinski definition) is 5. The maximum atomic E-state index is 12.7. The van der Waals surface area contributed by atoms with E-state index in [9.17, 15) is 9.59 Å². The Balaban J connectivity index is 1.35. The molecule has 1 aromatic carbocycles. The van der Waals surface area contributed by atoms with Gasteiger partial charge in [0.05, 0.1) is 11.2 Å². The van der Waals surface area contributed by atoms with Crippen LogP contribution in [-0.4, -0.2) is 34.1 Å². The van der Waals surface area contributed by atoms with Gasteiger partial charge in [0.25, 0.3) is 5.91 Å². The first-order valence-electron chi connectivity index (χ1n) is 9.30. The number of anilines is 1. The van der Waals surface area contributed by atoms with Crippen molar-refractivity contribution in [2.24, 2.45) is 0 Å². The molecule has 144 valence electrons. The Bertz CT molecular complexity index is 937. The van der Waals surface area contributed by atoms with Crippen molar-refractivity contribution in [2.45, 2.75) is 25.7 Å². The predicted octanol–water partition coefficient (Wildman–Crippen LogP) is 4.24. The summed E-state index contributed by atoms with van der Waals surface area (Å²) in [7, 11) is 0. The number of fused-ring (bicyclic) bond motifs is 1. The van der Waals surface area contributed by atoms with Crippen LogP contribution in [0.3, 0.4) is 0 Å². The van der Waals surface area contributed by atoms with Gasteiger partial charge in [0, 0.05) is 31.3 Å². The van der Waals surface area contributed by atoms with Crippen LogP contribution >= 0.6 is 24.0 Å². The van der Waals surface area contributed by atoms with Gasteiger partial charge in [-0.25, -0.2) is 0 Å². The minimum atomic E-state index is -0.123. The van der Waals surface area contributed by atoms with Crippen LogP contribution in [0.25, 0.3) is 6.08 Å². The standard InChI is InChI=1S/C21H20N2O3S2/c24-19(22-11-3-7-15-6-1-2-9-17(15)22)10-4-12-23-20(25)18(28-21(23)27)14-16-8-5-13-26-16/h1-2,5-6,8-9,13-14H,3-4,7,10-12H2/b18-14+. The van der Waals surface area contributed by atoms with Gasteiger partial charge in [-0.3, -0.25) is 14.5 Å². The summed E-state index contributed by atoms with van der Waals surface area (Å²) in [5.41, 5.74) is 2.24. The van der Waals surface area contributed by atoms with E-state index in [-0.39, 0.29) is 11.8 Å². The average molecular weight is 413 g/mol. The molecule has 4 rings (SSSR count). The number of nitrogens with zero attached hydrogens (tertiary/aromatic N) is 2. The van der Waals surface area contributed by atoms with Crippen molar-refractivity contribution in [1.29, 1.82) is 0 Å². The summed E-state index contributed by atoms with van der Waals surface area (Å²) in [5, 5.41) is 0. The van der Waals surface area contributed by atoms with Crippen LogP contribution in [-0.2, 0) is 16.0 Å². The lowest BCUT2D eigenvalue weighted by Crippen LogP contribution is -2.36. The van der Waals surface area contributed by atoms with Crippen molar-refractivity contribution in [3.8, 4) is 0 Å². The van der Waals surface area contributed by atoms with E-state index < -0.39 is 0 Å². The van der Waals surface area contributed by atoms with Gasteiger partial charge in [0.2, 0.25) is 5.91 Å². The molecule has 0 saturated carbocycles. The van der Waals surface area contributed by atoms with Crippen LogP contribution in [0.1, 0.15) is 30.6 Å². The maximum absolute atomic E-state index is 12.7. The topological polar surface area (TPSA) is 53.8 Å². The zero-order valence-corrected chi connectivity index (χ0v) is 16.9. The van der Waals surface area contributed by atoms with Gasteiger partial charge in [-0.1, -0.05) is 42.2 Å². The third kappa shape index (κ3) is 3.91. The van der Waals surface area contributed by atoms with E-state index in [4.69, 9.17) is 16.6 Å². The summed E-state index contributed by atoms with van der Waals surface area (Å²) < 4.78 is 5.80. The van der Waals surface area contributed by atoms with Gasteiger partial charge >= 0.3 is 0 Å². The molecule has 2 aliphatic heterocycles. The highest BCUT2D eigenvalue weighted by atomic mass is 32.2. The number of hydrogen-bond donors (Lipinski definition) is 0. The minimum absolute atomic E-state index is 0.101. The minimum Gasteiger partial charge on any atom is -0.465 e. The van der Waals surface area contributed by atoms with Gasteiger partial charge in [-0.2, -0.15) is 0 Å². The predicted molar refractivity (Wildman–Crippen MR) is 115 cm³/mol. The summed E-state index contributed by atoms with van der Waals surface area (Å²) >= 11 is 6.62. The average Bonchev–Trinajstić information content (AvgIpc) is 3.31.